The molecular weight excluding hydrogens is 318 g/mol. The second kappa shape index (κ2) is 5.58. The highest BCUT2D eigenvalue weighted by atomic mass is 35.5. The summed E-state index contributed by atoms with van der Waals surface area (Å²) in [5, 5.41) is 7.92. The van der Waals surface area contributed by atoms with E-state index in [1.165, 1.54) is 4.57 Å². The molecule has 7 nitrogen and oxygen atoms in total. The number of methoxy groups -OCH3 is 1. The number of nitrogens with one attached hydrogen (secondary N) is 1. The number of fused-ring (bicyclic) bond motifs is 1. The van der Waals surface area contributed by atoms with E-state index in [4.69, 9.17) is 16.3 Å². The molecule has 1 N–H and O–H groups in total. The number of aromatic nitrogens is 4. The average molecular weight is 334 g/mol. The Morgan fingerprint density at radius 3 is 2.74 bits per heavy atom. The van der Waals surface area contributed by atoms with Crippen LogP contribution in [0.25, 0.3) is 11.0 Å². The van der Waals surface area contributed by atoms with Crippen LogP contribution in [-0.4, -0.2) is 26.4 Å². The lowest BCUT2D eigenvalue weighted by Gasteiger charge is -2.13. The number of halogens is 1. The van der Waals surface area contributed by atoms with Crippen LogP contribution in [0.15, 0.2) is 23.0 Å². The van der Waals surface area contributed by atoms with Crippen LogP contribution in [0.1, 0.15) is 5.69 Å². The third kappa shape index (κ3) is 2.53. The maximum absolute atomic E-state index is 12.6. The molecule has 1 aromatic carbocycles. The molecule has 0 spiro atoms. The summed E-state index contributed by atoms with van der Waals surface area (Å²) >= 11 is 6.04. The predicted octanol–water partition coefficient (Wildman–Crippen LogP) is 2.38. The van der Waals surface area contributed by atoms with E-state index >= 15 is 0 Å². The zero-order chi connectivity index (χ0) is 16.7. The number of hydrogen-bond acceptors (Lipinski definition) is 5. The van der Waals surface area contributed by atoms with E-state index in [0.29, 0.717) is 39.1 Å². The molecule has 0 bridgehead atoms. The Labute approximate surface area is 137 Å². The second-order valence-electron chi connectivity index (χ2n) is 5.18. The summed E-state index contributed by atoms with van der Waals surface area (Å²) in [5.74, 6) is 0.992. The number of benzene rings is 1. The molecule has 0 unspecified atom stereocenters. The van der Waals surface area contributed by atoms with Crippen LogP contribution in [0.3, 0.4) is 0 Å². The van der Waals surface area contributed by atoms with Gasteiger partial charge in [-0.2, -0.15) is 5.10 Å². The fraction of sp³-hybridized carbons (Fsp3) is 0.267. The summed E-state index contributed by atoms with van der Waals surface area (Å²) in [6.07, 6.45) is 0. The lowest BCUT2D eigenvalue weighted by Crippen LogP contribution is -2.22. The smallest absolute Gasteiger partial charge is 0.280 e. The minimum absolute atomic E-state index is 0.179. The van der Waals surface area contributed by atoms with E-state index in [-0.39, 0.29) is 5.56 Å². The Kier molecular flexibility index (Phi) is 3.73. The predicted molar refractivity (Wildman–Crippen MR) is 89.8 cm³/mol. The highest BCUT2D eigenvalue weighted by Crippen LogP contribution is 2.30. The van der Waals surface area contributed by atoms with Crippen molar-refractivity contribution in [1.29, 1.82) is 0 Å². The molecule has 0 atom stereocenters. The molecule has 0 saturated carbocycles. The van der Waals surface area contributed by atoms with Crippen LogP contribution in [0.2, 0.25) is 5.02 Å². The van der Waals surface area contributed by atoms with Gasteiger partial charge in [0.2, 0.25) is 5.95 Å². The maximum atomic E-state index is 12.6. The Hall–Kier alpha value is -2.54. The molecule has 2 heterocycles. The number of rotatable bonds is 3. The van der Waals surface area contributed by atoms with Gasteiger partial charge in [0, 0.05) is 19.1 Å². The molecule has 0 fully saturated rings. The van der Waals surface area contributed by atoms with Crippen molar-refractivity contribution >= 4 is 34.3 Å². The van der Waals surface area contributed by atoms with Gasteiger partial charge in [0.25, 0.3) is 5.56 Å². The first-order chi connectivity index (χ1) is 10.9. The molecule has 2 aromatic heterocycles. The van der Waals surface area contributed by atoms with Gasteiger partial charge >= 0.3 is 0 Å². The molecule has 0 aliphatic heterocycles. The summed E-state index contributed by atoms with van der Waals surface area (Å²) in [5.41, 5.74) is 2.18. The zero-order valence-corrected chi connectivity index (χ0v) is 14.0. The number of nitrogens with zero attached hydrogens (tertiary/aromatic N) is 4. The van der Waals surface area contributed by atoms with Gasteiger partial charge in [-0.1, -0.05) is 11.6 Å². The quantitative estimate of drug-likeness (QED) is 0.796. The van der Waals surface area contributed by atoms with E-state index in [9.17, 15) is 4.79 Å². The summed E-state index contributed by atoms with van der Waals surface area (Å²) in [7, 11) is 4.94. The standard InChI is InChI=1S/C15H16ClN5O2/c1-8-12-13(21(3)19-8)14(22)20(2)15(18-12)17-10-7-9(16)5-6-11(10)23-4/h5-7H,1-4H3,(H,17,18). The Morgan fingerprint density at radius 2 is 2.04 bits per heavy atom. The third-order valence-electron chi connectivity index (χ3n) is 3.64. The minimum Gasteiger partial charge on any atom is -0.495 e. The van der Waals surface area contributed by atoms with Crippen LogP contribution in [-0.2, 0) is 14.1 Å². The second-order valence-corrected chi connectivity index (χ2v) is 5.61. The topological polar surface area (TPSA) is 74.0 Å². The van der Waals surface area contributed by atoms with Crippen LogP contribution < -0.4 is 15.6 Å². The molecule has 3 rings (SSSR count). The zero-order valence-electron chi connectivity index (χ0n) is 13.2. The minimum atomic E-state index is -0.179. The van der Waals surface area contributed by atoms with Crippen molar-refractivity contribution < 1.29 is 4.74 Å². The molecule has 120 valence electrons. The first kappa shape index (κ1) is 15.4. The van der Waals surface area contributed by atoms with E-state index in [1.54, 1.807) is 44.1 Å². The van der Waals surface area contributed by atoms with Gasteiger partial charge in [0.1, 0.15) is 11.3 Å². The largest absolute Gasteiger partial charge is 0.495 e. The van der Waals surface area contributed by atoms with Crippen LogP contribution in [0, 0.1) is 6.92 Å². The molecule has 8 heteroatoms. The fourth-order valence-electron chi connectivity index (χ4n) is 2.47. The highest BCUT2D eigenvalue weighted by Gasteiger charge is 2.16. The summed E-state index contributed by atoms with van der Waals surface area (Å²) in [6, 6.07) is 5.19. The molecule has 0 amide bonds. The van der Waals surface area contributed by atoms with Crippen LogP contribution in [0.5, 0.6) is 5.75 Å². The summed E-state index contributed by atoms with van der Waals surface area (Å²) in [4.78, 5) is 17.1. The van der Waals surface area contributed by atoms with Gasteiger partial charge < -0.3 is 10.1 Å². The molecule has 3 aromatic rings. The first-order valence-electron chi connectivity index (χ1n) is 6.93. The van der Waals surface area contributed by atoms with Gasteiger partial charge in [0.05, 0.1) is 18.5 Å². The Morgan fingerprint density at radius 1 is 1.30 bits per heavy atom. The SMILES string of the molecule is COc1ccc(Cl)cc1Nc1nc2c(C)nn(C)c2c(=O)n1C. The van der Waals surface area contributed by atoms with Crippen LogP contribution in [0.4, 0.5) is 11.6 Å². The average Bonchev–Trinajstić information content (AvgIpc) is 2.79. The number of anilines is 2. The number of ether oxygens (including phenoxy) is 1. The molecule has 0 aliphatic rings. The van der Waals surface area contributed by atoms with Crippen molar-refractivity contribution in [2.24, 2.45) is 14.1 Å². The van der Waals surface area contributed by atoms with Crippen molar-refractivity contribution in [2.45, 2.75) is 6.92 Å². The van der Waals surface area contributed by atoms with Gasteiger partial charge in [0.15, 0.2) is 5.52 Å². The van der Waals surface area contributed by atoms with E-state index < -0.39 is 0 Å². The van der Waals surface area contributed by atoms with Gasteiger partial charge in [-0.15, -0.1) is 0 Å². The lowest BCUT2D eigenvalue weighted by molar-refractivity contribution is 0.416. The van der Waals surface area contributed by atoms with Gasteiger partial charge in [-0.05, 0) is 25.1 Å². The molecular formula is C15H16ClN5O2. The van der Waals surface area contributed by atoms with Gasteiger partial charge in [-0.3, -0.25) is 14.0 Å². The van der Waals surface area contributed by atoms with Gasteiger partial charge in [-0.25, -0.2) is 4.98 Å². The third-order valence-corrected chi connectivity index (χ3v) is 3.88. The molecule has 23 heavy (non-hydrogen) atoms. The van der Waals surface area contributed by atoms with Crippen molar-refractivity contribution in [3.05, 3.63) is 39.3 Å². The number of aryl methyl sites for hydroxylation is 2. The van der Waals surface area contributed by atoms with Crippen molar-refractivity contribution in [1.82, 2.24) is 19.3 Å². The molecule has 0 aliphatic carbocycles. The Bertz CT molecular complexity index is 961. The summed E-state index contributed by atoms with van der Waals surface area (Å²) < 4.78 is 8.28. The first-order valence-corrected chi connectivity index (χ1v) is 7.31. The maximum Gasteiger partial charge on any atom is 0.280 e. The number of hydrogen-bond donors (Lipinski definition) is 1. The molecule has 0 saturated heterocycles. The molecule has 0 radical (unpaired) electrons. The lowest BCUT2D eigenvalue weighted by atomic mass is 10.3. The van der Waals surface area contributed by atoms with Crippen molar-refractivity contribution in [3.63, 3.8) is 0 Å². The normalized spacial score (nSPS) is 11.0. The van der Waals surface area contributed by atoms with E-state index in [1.807, 2.05) is 6.92 Å². The Balaban J connectivity index is 2.18. The van der Waals surface area contributed by atoms with Crippen molar-refractivity contribution in [3.8, 4) is 5.75 Å². The highest BCUT2D eigenvalue weighted by molar-refractivity contribution is 6.31. The van der Waals surface area contributed by atoms with Crippen LogP contribution >= 0.6 is 11.6 Å². The fourth-order valence-corrected chi connectivity index (χ4v) is 2.64. The van der Waals surface area contributed by atoms with E-state index in [0.717, 1.165) is 0 Å². The van der Waals surface area contributed by atoms with Crippen molar-refractivity contribution in [2.75, 3.05) is 12.4 Å². The van der Waals surface area contributed by atoms with E-state index in [2.05, 4.69) is 15.4 Å². The summed E-state index contributed by atoms with van der Waals surface area (Å²) in [6.45, 7) is 1.82. The monoisotopic (exact) mass is 333 g/mol.